The Labute approximate surface area is 130 Å². The Morgan fingerprint density at radius 3 is 2.05 bits per heavy atom. The summed E-state index contributed by atoms with van der Waals surface area (Å²) in [4.78, 5) is 5.31. The minimum absolute atomic E-state index is 0.647. The number of aryl methyl sites for hydroxylation is 1. The summed E-state index contributed by atoms with van der Waals surface area (Å²) in [5, 5.41) is 0.712. The van der Waals surface area contributed by atoms with Crippen LogP contribution < -0.4 is 0 Å². The largest absolute Gasteiger partial charge is 0.416 e. The number of alkyl halides is 3. The Balaban J connectivity index is 1.89. The third-order valence-electron chi connectivity index (χ3n) is 3.30. The average Bonchev–Trinajstić information content (AvgIpc) is 2.97. The summed E-state index contributed by atoms with van der Waals surface area (Å²) in [5.41, 5.74) is 2.28. The van der Waals surface area contributed by atoms with E-state index in [1.165, 1.54) is 29.0 Å². The van der Waals surface area contributed by atoms with E-state index in [2.05, 4.69) is 4.98 Å². The zero-order valence-corrected chi connectivity index (χ0v) is 12.5. The molecule has 0 saturated heterocycles. The van der Waals surface area contributed by atoms with Crippen LogP contribution in [0.4, 0.5) is 13.2 Å². The van der Waals surface area contributed by atoms with E-state index in [0.29, 0.717) is 10.6 Å². The first-order valence-corrected chi connectivity index (χ1v) is 7.45. The van der Waals surface area contributed by atoms with Crippen LogP contribution in [-0.4, -0.2) is 4.98 Å². The molecule has 0 atom stereocenters. The van der Waals surface area contributed by atoms with Crippen LogP contribution in [0, 0.1) is 6.92 Å². The van der Waals surface area contributed by atoms with Crippen molar-refractivity contribution >= 4 is 11.3 Å². The predicted octanol–water partition coefficient (Wildman–Crippen LogP) is 5.80. The molecule has 1 nitrogen and oxygen atoms in total. The van der Waals surface area contributed by atoms with Gasteiger partial charge in [0.1, 0.15) is 5.01 Å². The maximum absolute atomic E-state index is 12.6. The highest BCUT2D eigenvalue weighted by Gasteiger charge is 2.30. The second-order valence-electron chi connectivity index (χ2n) is 4.97. The lowest BCUT2D eigenvalue weighted by atomic mass is 10.1. The van der Waals surface area contributed by atoms with E-state index in [0.717, 1.165) is 22.6 Å². The van der Waals surface area contributed by atoms with Crippen LogP contribution in [-0.2, 0) is 6.18 Å². The normalized spacial score (nSPS) is 11.6. The average molecular weight is 319 g/mol. The van der Waals surface area contributed by atoms with Crippen molar-refractivity contribution in [3.8, 4) is 21.0 Å². The highest BCUT2D eigenvalue weighted by atomic mass is 32.1. The van der Waals surface area contributed by atoms with Crippen molar-refractivity contribution in [1.29, 1.82) is 0 Å². The van der Waals surface area contributed by atoms with Gasteiger partial charge < -0.3 is 0 Å². The van der Waals surface area contributed by atoms with Crippen molar-refractivity contribution in [2.75, 3.05) is 0 Å². The lowest BCUT2D eigenvalue weighted by Crippen LogP contribution is -2.03. The summed E-state index contributed by atoms with van der Waals surface area (Å²) < 4.78 is 37.7. The summed E-state index contributed by atoms with van der Waals surface area (Å²) in [6.45, 7) is 2.02. The number of halogens is 3. The number of thiazole rings is 1. The molecule has 2 aromatic carbocycles. The Morgan fingerprint density at radius 1 is 0.864 bits per heavy atom. The van der Waals surface area contributed by atoms with Crippen molar-refractivity contribution in [3.63, 3.8) is 0 Å². The number of hydrogen-bond donors (Lipinski definition) is 0. The molecule has 0 unspecified atom stereocenters. The van der Waals surface area contributed by atoms with Gasteiger partial charge >= 0.3 is 6.18 Å². The van der Waals surface area contributed by atoms with Crippen molar-refractivity contribution < 1.29 is 13.2 Å². The molecule has 3 rings (SSSR count). The molecule has 22 heavy (non-hydrogen) atoms. The van der Waals surface area contributed by atoms with Gasteiger partial charge in [-0.05, 0) is 24.6 Å². The van der Waals surface area contributed by atoms with Crippen LogP contribution in [0.5, 0.6) is 0 Å². The number of benzene rings is 2. The quantitative estimate of drug-likeness (QED) is 0.581. The molecule has 5 heteroatoms. The first-order valence-electron chi connectivity index (χ1n) is 6.64. The minimum atomic E-state index is -4.31. The first-order chi connectivity index (χ1) is 10.4. The highest BCUT2D eigenvalue weighted by Crippen LogP contribution is 2.34. The molecule has 1 aromatic heterocycles. The molecular formula is C17H12F3NS. The lowest BCUT2D eigenvalue weighted by Gasteiger charge is -2.06. The van der Waals surface area contributed by atoms with Gasteiger partial charge in [0.05, 0.1) is 10.4 Å². The molecule has 0 fully saturated rings. The van der Waals surface area contributed by atoms with Crippen LogP contribution in [0.25, 0.3) is 21.0 Å². The zero-order chi connectivity index (χ0) is 15.7. The zero-order valence-electron chi connectivity index (χ0n) is 11.7. The van der Waals surface area contributed by atoms with E-state index in [4.69, 9.17) is 0 Å². The van der Waals surface area contributed by atoms with E-state index in [-0.39, 0.29) is 0 Å². The van der Waals surface area contributed by atoms with Crippen LogP contribution in [0.15, 0.2) is 54.7 Å². The maximum Gasteiger partial charge on any atom is 0.416 e. The fourth-order valence-corrected chi connectivity index (χ4v) is 2.99. The second kappa shape index (κ2) is 5.57. The van der Waals surface area contributed by atoms with Crippen LogP contribution in [0.1, 0.15) is 11.1 Å². The summed E-state index contributed by atoms with van der Waals surface area (Å²) in [7, 11) is 0. The number of nitrogens with zero attached hydrogens (tertiary/aromatic N) is 1. The molecule has 0 aliphatic rings. The number of hydrogen-bond acceptors (Lipinski definition) is 2. The van der Waals surface area contributed by atoms with E-state index in [1.54, 1.807) is 6.20 Å². The molecule has 0 saturated carbocycles. The summed E-state index contributed by atoms with van der Waals surface area (Å²) in [6.07, 6.45) is -2.56. The van der Waals surface area contributed by atoms with Gasteiger partial charge in [0.15, 0.2) is 0 Å². The highest BCUT2D eigenvalue weighted by molar-refractivity contribution is 7.18. The van der Waals surface area contributed by atoms with Gasteiger partial charge in [-0.15, -0.1) is 11.3 Å². The smallest absolute Gasteiger partial charge is 0.244 e. The van der Waals surface area contributed by atoms with Crippen molar-refractivity contribution in [1.82, 2.24) is 4.98 Å². The van der Waals surface area contributed by atoms with Crippen LogP contribution >= 0.6 is 11.3 Å². The van der Waals surface area contributed by atoms with Gasteiger partial charge in [-0.25, -0.2) is 4.98 Å². The van der Waals surface area contributed by atoms with Crippen LogP contribution in [0.2, 0.25) is 0 Å². The Hall–Kier alpha value is -2.14. The molecule has 1 heterocycles. The van der Waals surface area contributed by atoms with Gasteiger partial charge in [0.2, 0.25) is 0 Å². The molecule has 0 aliphatic heterocycles. The van der Waals surface area contributed by atoms with Gasteiger partial charge in [-0.3, -0.25) is 0 Å². The summed E-state index contributed by atoms with van der Waals surface area (Å²) in [6, 6.07) is 13.2. The molecule has 0 radical (unpaired) electrons. The van der Waals surface area contributed by atoms with Crippen LogP contribution in [0.3, 0.4) is 0 Å². The molecule has 0 aliphatic carbocycles. The van der Waals surface area contributed by atoms with Gasteiger partial charge in [-0.2, -0.15) is 13.2 Å². The first kappa shape index (κ1) is 14.8. The molecule has 0 bridgehead atoms. The van der Waals surface area contributed by atoms with Gasteiger partial charge in [0, 0.05) is 11.8 Å². The second-order valence-corrected chi connectivity index (χ2v) is 6.00. The van der Waals surface area contributed by atoms with E-state index in [1.807, 2.05) is 31.2 Å². The molecule has 0 amide bonds. The molecule has 0 N–H and O–H groups in total. The third kappa shape index (κ3) is 3.04. The molecule has 3 aromatic rings. The monoisotopic (exact) mass is 319 g/mol. The predicted molar refractivity (Wildman–Crippen MR) is 82.7 cm³/mol. The van der Waals surface area contributed by atoms with Crippen molar-refractivity contribution in [3.05, 3.63) is 65.9 Å². The summed E-state index contributed by atoms with van der Waals surface area (Å²) >= 11 is 1.47. The Bertz CT molecular complexity index is 771. The topological polar surface area (TPSA) is 12.9 Å². The van der Waals surface area contributed by atoms with E-state index < -0.39 is 11.7 Å². The fourth-order valence-electron chi connectivity index (χ4n) is 2.06. The van der Waals surface area contributed by atoms with E-state index >= 15 is 0 Å². The minimum Gasteiger partial charge on any atom is -0.244 e. The number of aromatic nitrogens is 1. The van der Waals surface area contributed by atoms with Gasteiger partial charge in [-0.1, -0.05) is 42.0 Å². The number of rotatable bonds is 2. The molecule has 0 spiro atoms. The Kier molecular flexibility index (Phi) is 3.74. The lowest BCUT2D eigenvalue weighted by molar-refractivity contribution is -0.137. The Morgan fingerprint density at radius 2 is 1.45 bits per heavy atom. The maximum atomic E-state index is 12.6. The fraction of sp³-hybridized carbons (Fsp3) is 0.118. The summed E-state index contributed by atoms with van der Waals surface area (Å²) in [5.74, 6) is 0. The SMILES string of the molecule is Cc1ccc(-c2cnc(-c3ccc(C(F)(F)F)cc3)s2)cc1. The molecular weight excluding hydrogens is 307 g/mol. The third-order valence-corrected chi connectivity index (χ3v) is 4.40. The van der Waals surface area contributed by atoms with E-state index in [9.17, 15) is 13.2 Å². The van der Waals surface area contributed by atoms with Crippen molar-refractivity contribution in [2.24, 2.45) is 0 Å². The standard InChI is InChI=1S/C17H12F3NS/c1-11-2-4-12(5-3-11)15-10-21-16(22-15)13-6-8-14(9-7-13)17(18,19)20/h2-10H,1H3. The van der Waals surface area contributed by atoms with Gasteiger partial charge in [0.25, 0.3) is 0 Å². The molecule has 112 valence electrons. The van der Waals surface area contributed by atoms with Crippen molar-refractivity contribution in [2.45, 2.75) is 13.1 Å².